The average molecular weight is 442 g/mol. The number of terminal acetylenes is 1. The highest BCUT2D eigenvalue weighted by atomic mass is 35.5. The SMILES string of the molecule is C#CCOc1ccccc1/C=C(\Sc1n[nH]c(-c2cc(Cl)ccc2OC)n1)C(=O)O. The lowest BCUT2D eigenvalue weighted by Crippen LogP contribution is -1.99. The second-order valence-electron chi connectivity index (χ2n) is 5.76. The van der Waals surface area contributed by atoms with Crippen molar-refractivity contribution in [2.45, 2.75) is 5.16 Å². The first-order valence-electron chi connectivity index (χ1n) is 8.56. The molecule has 0 radical (unpaired) electrons. The summed E-state index contributed by atoms with van der Waals surface area (Å²) in [7, 11) is 1.53. The lowest BCUT2D eigenvalue weighted by molar-refractivity contribution is -0.131. The number of hydrogen-bond donors (Lipinski definition) is 2. The van der Waals surface area contributed by atoms with Crippen LogP contribution in [0.1, 0.15) is 5.56 Å². The Bertz CT molecular complexity index is 1140. The van der Waals surface area contributed by atoms with E-state index in [1.54, 1.807) is 42.5 Å². The summed E-state index contributed by atoms with van der Waals surface area (Å²) in [5, 5.41) is 17.3. The summed E-state index contributed by atoms with van der Waals surface area (Å²) in [6, 6.07) is 12.1. The number of nitrogens with zero attached hydrogens (tertiary/aromatic N) is 2. The molecule has 0 atom stereocenters. The maximum Gasteiger partial charge on any atom is 0.342 e. The molecule has 1 aromatic heterocycles. The lowest BCUT2D eigenvalue weighted by Gasteiger charge is -2.07. The Morgan fingerprint density at radius 3 is 2.87 bits per heavy atom. The van der Waals surface area contributed by atoms with Gasteiger partial charge in [0.1, 0.15) is 23.0 Å². The van der Waals surface area contributed by atoms with Crippen molar-refractivity contribution in [2.75, 3.05) is 13.7 Å². The first-order chi connectivity index (χ1) is 14.5. The minimum atomic E-state index is -1.13. The number of thioether (sulfide) groups is 1. The summed E-state index contributed by atoms with van der Waals surface area (Å²) in [6.45, 7) is 0.0755. The molecule has 2 N–H and O–H groups in total. The van der Waals surface area contributed by atoms with Gasteiger partial charge >= 0.3 is 5.97 Å². The lowest BCUT2D eigenvalue weighted by atomic mass is 10.2. The minimum Gasteiger partial charge on any atom is -0.496 e. The molecule has 30 heavy (non-hydrogen) atoms. The van der Waals surface area contributed by atoms with Gasteiger partial charge in [0, 0.05) is 10.6 Å². The number of carboxylic acid groups (broad SMARTS) is 1. The second-order valence-corrected chi connectivity index (χ2v) is 7.20. The van der Waals surface area contributed by atoms with Gasteiger partial charge in [-0.15, -0.1) is 11.5 Å². The molecule has 0 fully saturated rings. The van der Waals surface area contributed by atoms with Crippen molar-refractivity contribution in [3.63, 3.8) is 0 Å². The number of aliphatic carboxylic acids is 1. The molecule has 2 aromatic carbocycles. The Balaban J connectivity index is 1.90. The van der Waals surface area contributed by atoms with Crippen molar-refractivity contribution < 1.29 is 19.4 Å². The minimum absolute atomic E-state index is 0.00960. The van der Waals surface area contributed by atoms with E-state index in [-0.39, 0.29) is 16.7 Å². The van der Waals surface area contributed by atoms with Gasteiger partial charge in [0.2, 0.25) is 5.16 Å². The number of para-hydroxylation sites is 1. The number of carbonyl (C=O) groups is 1. The number of aromatic amines is 1. The Morgan fingerprint density at radius 2 is 2.13 bits per heavy atom. The molecule has 0 bridgehead atoms. The van der Waals surface area contributed by atoms with Gasteiger partial charge in [0.25, 0.3) is 0 Å². The highest BCUT2D eigenvalue weighted by Crippen LogP contribution is 2.33. The van der Waals surface area contributed by atoms with E-state index in [1.165, 1.54) is 13.2 Å². The summed E-state index contributed by atoms with van der Waals surface area (Å²) in [4.78, 5) is 16.2. The number of H-pyrrole nitrogens is 1. The Labute approximate surface area is 182 Å². The number of rotatable bonds is 8. The van der Waals surface area contributed by atoms with E-state index in [0.29, 0.717) is 33.5 Å². The van der Waals surface area contributed by atoms with Crippen LogP contribution in [0.2, 0.25) is 5.02 Å². The summed E-state index contributed by atoms with van der Waals surface area (Å²) in [5.74, 6) is 2.70. The third kappa shape index (κ3) is 5.14. The highest BCUT2D eigenvalue weighted by Gasteiger charge is 2.17. The maximum atomic E-state index is 11.8. The van der Waals surface area contributed by atoms with Gasteiger partial charge in [-0.2, -0.15) is 0 Å². The number of hydrogen-bond acceptors (Lipinski definition) is 6. The van der Waals surface area contributed by atoms with E-state index in [1.807, 2.05) is 0 Å². The largest absolute Gasteiger partial charge is 0.496 e. The van der Waals surface area contributed by atoms with Crippen molar-refractivity contribution in [3.8, 4) is 35.2 Å². The molecule has 3 rings (SSSR count). The molecule has 0 aliphatic heterocycles. The Morgan fingerprint density at radius 1 is 1.33 bits per heavy atom. The number of ether oxygens (including phenoxy) is 2. The quantitative estimate of drug-likeness (QED) is 0.304. The molecule has 0 saturated carbocycles. The van der Waals surface area contributed by atoms with E-state index in [2.05, 4.69) is 21.1 Å². The molecule has 0 spiro atoms. The van der Waals surface area contributed by atoms with Crippen LogP contribution in [0.25, 0.3) is 17.5 Å². The van der Waals surface area contributed by atoms with Crippen molar-refractivity contribution >= 4 is 35.4 Å². The Kier molecular flexibility index (Phi) is 7.01. The zero-order valence-electron chi connectivity index (χ0n) is 15.8. The zero-order valence-corrected chi connectivity index (χ0v) is 17.3. The number of aromatic nitrogens is 3. The van der Waals surface area contributed by atoms with Gasteiger partial charge in [-0.05, 0) is 42.1 Å². The van der Waals surface area contributed by atoms with Crippen LogP contribution in [-0.4, -0.2) is 40.0 Å². The van der Waals surface area contributed by atoms with Gasteiger partial charge < -0.3 is 14.6 Å². The van der Waals surface area contributed by atoms with Crippen molar-refractivity contribution in [2.24, 2.45) is 0 Å². The third-order valence-corrected chi connectivity index (χ3v) is 4.92. The first-order valence-corrected chi connectivity index (χ1v) is 9.75. The van der Waals surface area contributed by atoms with Crippen LogP contribution in [0.5, 0.6) is 11.5 Å². The molecule has 7 nitrogen and oxygen atoms in total. The fraction of sp³-hybridized carbons (Fsp3) is 0.0952. The van der Waals surface area contributed by atoms with E-state index in [0.717, 1.165) is 11.8 Å². The van der Waals surface area contributed by atoms with Crippen LogP contribution in [0.4, 0.5) is 0 Å². The first kappa shape index (κ1) is 21.3. The number of halogens is 1. The van der Waals surface area contributed by atoms with E-state index in [4.69, 9.17) is 27.5 Å². The zero-order chi connectivity index (χ0) is 21.5. The fourth-order valence-corrected chi connectivity index (χ4v) is 3.37. The number of nitrogens with one attached hydrogen (secondary N) is 1. The molecule has 1 heterocycles. The summed E-state index contributed by atoms with van der Waals surface area (Å²) in [6.07, 6.45) is 6.71. The maximum absolute atomic E-state index is 11.8. The molecule has 3 aromatic rings. The van der Waals surface area contributed by atoms with E-state index < -0.39 is 5.97 Å². The van der Waals surface area contributed by atoms with E-state index >= 15 is 0 Å². The van der Waals surface area contributed by atoms with Gasteiger partial charge in [0.05, 0.1) is 12.7 Å². The van der Waals surface area contributed by atoms with Gasteiger partial charge in [0.15, 0.2) is 5.82 Å². The van der Waals surface area contributed by atoms with Crippen LogP contribution in [-0.2, 0) is 4.79 Å². The van der Waals surface area contributed by atoms with Crippen LogP contribution >= 0.6 is 23.4 Å². The topological polar surface area (TPSA) is 97.3 Å². The van der Waals surface area contributed by atoms with Crippen molar-refractivity contribution in [3.05, 3.63) is 58.0 Å². The second kappa shape index (κ2) is 9.87. The third-order valence-electron chi connectivity index (χ3n) is 3.81. The van der Waals surface area contributed by atoms with Crippen LogP contribution in [0.3, 0.4) is 0 Å². The predicted octanol–water partition coefficient (Wildman–Crippen LogP) is 4.36. The normalized spacial score (nSPS) is 11.0. The summed E-state index contributed by atoms with van der Waals surface area (Å²) in [5.41, 5.74) is 1.18. The summed E-state index contributed by atoms with van der Waals surface area (Å²) < 4.78 is 10.8. The standard InChI is InChI=1S/C21H16ClN3O4S/c1-3-10-29-16-7-5-4-6-13(16)11-18(20(26)27)30-21-23-19(24-25-21)15-12-14(22)8-9-17(15)28-2/h1,4-9,11-12H,10H2,2H3,(H,26,27)(H,23,24,25)/b18-11-. The van der Waals surface area contributed by atoms with Crippen LogP contribution in [0, 0.1) is 12.3 Å². The molecule has 152 valence electrons. The number of methoxy groups -OCH3 is 1. The van der Waals surface area contributed by atoms with E-state index in [9.17, 15) is 9.90 Å². The Hall–Kier alpha value is -3.41. The molecular formula is C21H16ClN3O4S. The fourth-order valence-electron chi connectivity index (χ4n) is 2.50. The van der Waals surface area contributed by atoms with Gasteiger partial charge in [-0.25, -0.2) is 9.78 Å². The summed E-state index contributed by atoms with van der Waals surface area (Å²) >= 11 is 6.96. The van der Waals surface area contributed by atoms with Gasteiger partial charge in [-0.3, -0.25) is 5.10 Å². The number of benzene rings is 2. The molecule has 0 aliphatic rings. The predicted molar refractivity (Wildman–Crippen MR) is 116 cm³/mol. The highest BCUT2D eigenvalue weighted by molar-refractivity contribution is 8.04. The molecule has 0 amide bonds. The van der Waals surface area contributed by atoms with Crippen LogP contribution in [0.15, 0.2) is 52.5 Å². The molecule has 0 aliphatic carbocycles. The monoisotopic (exact) mass is 441 g/mol. The average Bonchev–Trinajstić information content (AvgIpc) is 3.21. The van der Waals surface area contributed by atoms with Gasteiger partial charge in [-0.1, -0.05) is 35.7 Å². The van der Waals surface area contributed by atoms with Crippen molar-refractivity contribution in [1.82, 2.24) is 15.2 Å². The molecule has 0 saturated heterocycles. The van der Waals surface area contributed by atoms with Crippen LogP contribution < -0.4 is 9.47 Å². The molecular weight excluding hydrogens is 426 g/mol. The smallest absolute Gasteiger partial charge is 0.342 e. The number of carboxylic acids is 1. The molecule has 0 unspecified atom stereocenters. The van der Waals surface area contributed by atoms with Crippen molar-refractivity contribution in [1.29, 1.82) is 0 Å². The molecule has 9 heteroatoms.